The summed E-state index contributed by atoms with van der Waals surface area (Å²) in [6.45, 7) is -1.53. The normalized spacial score (nSPS) is 12.0. The molecule has 0 aliphatic heterocycles. The van der Waals surface area contributed by atoms with E-state index < -0.39 is 12.7 Å². The molecule has 23 heavy (non-hydrogen) atoms. The SMILES string of the molecule is CC(=O)c1ccccc1OCC(O)c1ccc(OC(F)F)cc1. The maximum absolute atomic E-state index is 12.1. The Bertz CT molecular complexity index is 656. The van der Waals surface area contributed by atoms with Crippen molar-refractivity contribution in [3.63, 3.8) is 0 Å². The van der Waals surface area contributed by atoms with Crippen LogP contribution < -0.4 is 9.47 Å². The number of ketones is 1. The Morgan fingerprint density at radius 1 is 1.13 bits per heavy atom. The van der Waals surface area contributed by atoms with Crippen LogP contribution in [-0.4, -0.2) is 24.1 Å². The molecule has 2 rings (SSSR count). The molecule has 0 fully saturated rings. The molecule has 0 amide bonds. The fourth-order valence-electron chi connectivity index (χ4n) is 2.02. The van der Waals surface area contributed by atoms with Gasteiger partial charge in [0, 0.05) is 0 Å². The van der Waals surface area contributed by atoms with E-state index in [9.17, 15) is 18.7 Å². The Morgan fingerprint density at radius 2 is 1.78 bits per heavy atom. The second kappa shape index (κ2) is 7.69. The predicted octanol–water partition coefficient (Wildman–Crippen LogP) is 3.60. The average Bonchev–Trinajstić information content (AvgIpc) is 2.53. The first-order valence-corrected chi connectivity index (χ1v) is 6.93. The number of aliphatic hydroxyl groups excluding tert-OH is 1. The van der Waals surface area contributed by atoms with Gasteiger partial charge in [-0.25, -0.2) is 0 Å². The van der Waals surface area contributed by atoms with Crippen LogP contribution in [0, 0.1) is 0 Å². The van der Waals surface area contributed by atoms with Crippen LogP contribution in [-0.2, 0) is 0 Å². The standard InChI is InChI=1S/C17H16F2O4/c1-11(20)14-4-2-3-5-16(14)22-10-15(21)12-6-8-13(9-7-12)23-17(18)19/h2-9,15,17,21H,10H2,1H3. The van der Waals surface area contributed by atoms with Crippen LogP contribution in [0.4, 0.5) is 8.78 Å². The van der Waals surface area contributed by atoms with Crippen molar-refractivity contribution in [2.45, 2.75) is 19.6 Å². The third kappa shape index (κ3) is 4.75. The van der Waals surface area contributed by atoms with Gasteiger partial charge in [0.2, 0.25) is 0 Å². The van der Waals surface area contributed by atoms with Crippen molar-refractivity contribution >= 4 is 5.78 Å². The molecule has 2 aromatic carbocycles. The zero-order chi connectivity index (χ0) is 16.8. The van der Waals surface area contributed by atoms with Gasteiger partial charge in [-0.1, -0.05) is 24.3 Å². The molecule has 0 saturated heterocycles. The van der Waals surface area contributed by atoms with Gasteiger partial charge < -0.3 is 14.6 Å². The van der Waals surface area contributed by atoms with Crippen molar-refractivity contribution in [2.75, 3.05) is 6.61 Å². The second-order valence-electron chi connectivity index (χ2n) is 4.83. The van der Waals surface area contributed by atoms with Gasteiger partial charge in [0.1, 0.15) is 24.2 Å². The molecule has 1 unspecified atom stereocenters. The average molecular weight is 322 g/mol. The van der Waals surface area contributed by atoms with E-state index in [0.29, 0.717) is 16.9 Å². The molecule has 2 aromatic rings. The lowest BCUT2D eigenvalue weighted by molar-refractivity contribution is -0.0498. The Hall–Kier alpha value is -2.47. The summed E-state index contributed by atoms with van der Waals surface area (Å²) >= 11 is 0. The number of hydrogen-bond acceptors (Lipinski definition) is 4. The molecule has 4 nitrogen and oxygen atoms in total. The molecule has 0 aliphatic rings. The van der Waals surface area contributed by atoms with Gasteiger partial charge >= 0.3 is 6.61 Å². The highest BCUT2D eigenvalue weighted by Crippen LogP contribution is 2.23. The summed E-state index contributed by atoms with van der Waals surface area (Å²) in [6, 6.07) is 12.4. The zero-order valence-electron chi connectivity index (χ0n) is 12.4. The van der Waals surface area contributed by atoms with Crippen molar-refractivity contribution in [3.8, 4) is 11.5 Å². The van der Waals surface area contributed by atoms with Crippen LogP contribution in [0.15, 0.2) is 48.5 Å². The Morgan fingerprint density at radius 3 is 2.39 bits per heavy atom. The maximum Gasteiger partial charge on any atom is 0.387 e. The van der Waals surface area contributed by atoms with E-state index in [2.05, 4.69) is 4.74 Å². The van der Waals surface area contributed by atoms with E-state index in [4.69, 9.17) is 4.74 Å². The number of alkyl halides is 2. The van der Waals surface area contributed by atoms with E-state index in [-0.39, 0.29) is 18.1 Å². The van der Waals surface area contributed by atoms with Crippen molar-refractivity contribution in [2.24, 2.45) is 0 Å². The number of hydrogen-bond donors (Lipinski definition) is 1. The highest BCUT2D eigenvalue weighted by atomic mass is 19.3. The number of ether oxygens (including phenoxy) is 2. The molecule has 0 radical (unpaired) electrons. The highest BCUT2D eigenvalue weighted by Gasteiger charge is 2.13. The molecule has 122 valence electrons. The largest absolute Gasteiger partial charge is 0.490 e. The molecule has 0 bridgehead atoms. The molecular formula is C17H16F2O4. The van der Waals surface area contributed by atoms with Gasteiger partial charge in [-0.15, -0.1) is 0 Å². The first kappa shape index (κ1) is 16.9. The molecular weight excluding hydrogens is 306 g/mol. The molecule has 6 heteroatoms. The van der Waals surface area contributed by atoms with Gasteiger partial charge in [-0.05, 0) is 36.8 Å². The number of aliphatic hydroxyl groups is 1. The summed E-state index contributed by atoms with van der Waals surface area (Å²) < 4.78 is 33.9. The highest BCUT2D eigenvalue weighted by molar-refractivity contribution is 5.96. The van der Waals surface area contributed by atoms with Gasteiger partial charge in [-0.2, -0.15) is 8.78 Å². The molecule has 0 aromatic heterocycles. The van der Waals surface area contributed by atoms with Crippen molar-refractivity contribution in [1.29, 1.82) is 0 Å². The van der Waals surface area contributed by atoms with Crippen LogP contribution in [0.1, 0.15) is 28.9 Å². The van der Waals surface area contributed by atoms with Crippen LogP contribution in [0.5, 0.6) is 11.5 Å². The quantitative estimate of drug-likeness (QED) is 0.791. The van der Waals surface area contributed by atoms with Gasteiger partial charge in [0.05, 0.1) is 5.56 Å². The number of carbonyl (C=O) groups is 1. The number of halogens is 2. The van der Waals surface area contributed by atoms with E-state index >= 15 is 0 Å². The molecule has 1 atom stereocenters. The van der Waals surface area contributed by atoms with E-state index in [1.165, 1.54) is 31.2 Å². The smallest absolute Gasteiger partial charge is 0.387 e. The zero-order valence-corrected chi connectivity index (χ0v) is 12.4. The van der Waals surface area contributed by atoms with E-state index in [1.807, 2.05) is 0 Å². The fraction of sp³-hybridized carbons (Fsp3) is 0.235. The Kier molecular flexibility index (Phi) is 5.65. The van der Waals surface area contributed by atoms with Crippen LogP contribution in [0.25, 0.3) is 0 Å². The Balaban J connectivity index is 2.00. The molecule has 0 aliphatic carbocycles. The first-order valence-electron chi connectivity index (χ1n) is 6.93. The van der Waals surface area contributed by atoms with Crippen molar-refractivity contribution in [3.05, 3.63) is 59.7 Å². The van der Waals surface area contributed by atoms with Crippen LogP contribution >= 0.6 is 0 Å². The fourth-order valence-corrected chi connectivity index (χ4v) is 2.02. The predicted molar refractivity (Wildman–Crippen MR) is 80.0 cm³/mol. The second-order valence-corrected chi connectivity index (χ2v) is 4.83. The molecule has 1 N–H and O–H groups in total. The third-order valence-electron chi connectivity index (χ3n) is 3.15. The topological polar surface area (TPSA) is 55.8 Å². The number of carbonyl (C=O) groups excluding carboxylic acids is 1. The monoisotopic (exact) mass is 322 g/mol. The van der Waals surface area contributed by atoms with Crippen LogP contribution in [0.2, 0.25) is 0 Å². The lowest BCUT2D eigenvalue weighted by Gasteiger charge is -2.15. The Labute approximate surface area is 132 Å². The number of para-hydroxylation sites is 1. The van der Waals surface area contributed by atoms with Gasteiger partial charge in [-0.3, -0.25) is 4.79 Å². The number of rotatable bonds is 7. The van der Waals surface area contributed by atoms with Crippen LogP contribution in [0.3, 0.4) is 0 Å². The minimum atomic E-state index is -2.89. The number of Topliss-reactive ketones (excluding diaryl/α,β-unsaturated/α-hetero) is 1. The summed E-state index contributed by atoms with van der Waals surface area (Å²) in [6.07, 6.45) is -0.962. The number of benzene rings is 2. The molecule has 0 heterocycles. The molecule has 0 spiro atoms. The van der Waals surface area contributed by atoms with Crippen molar-refractivity contribution in [1.82, 2.24) is 0 Å². The third-order valence-corrected chi connectivity index (χ3v) is 3.15. The summed E-state index contributed by atoms with van der Waals surface area (Å²) in [5.41, 5.74) is 0.923. The van der Waals surface area contributed by atoms with Gasteiger partial charge in [0.15, 0.2) is 5.78 Å². The molecule has 0 saturated carbocycles. The first-order chi connectivity index (χ1) is 11.0. The lowest BCUT2D eigenvalue weighted by Crippen LogP contribution is -2.11. The van der Waals surface area contributed by atoms with E-state index in [1.54, 1.807) is 24.3 Å². The van der Waals surface area contributed by atoms with E-state index in [0.717, 1.165) is 0 Å². The minimum Gasteiger partial charge on any atom is -0.490 e. The summed E-state index contributed by atoms with van der Waals surface area (Å²) in [4.78, 5) is 11.5. The minimum absolute atomic E-state index is 0.0128. The lowest BCUT2D eigenvalue weighted by atomic mass is 10.1. The maximum atomic E-state index is 12.1. The summed E-state index contributed by atoms with van der Waals surface area (Å²) in [5, 5.41) is 10.1. The van der Waals surface area contributed by atoms with Gasteiger partial charge in [0.25, 0.3) is 0 Å². The summed E-state index contributed by atoms with van der Waals surface area (Å²) in [7, 11) is 0. The summed E-state index contributed by atoms with van der Waals surface area (Å²) in [5.74, 6) is 0.263. The van der Waals surface area contributed by atoms with Crippen molar-refractivity contribution < 1.29 is 28.2 Å².